The molecule has 1 fully saturated rings. The number of hydrogen-bond donors (Lipinski definition) is 4. The van der Waals surface area contributed by atoms with Gasteiger partial charge in [-0.15, -0.1) is 0 Å². The van der Waals surface area contributed by atoms with Gasteiger partial charge in [-0.05, 0) is 70.6 Å². The summed E-state index contributed by atoms with van der Waals surface area (Å²) < 4.78 is 59.3. The summed E-state index contributed by atoms with van der Waals surface area (Å²) >= 11 is 0. The Morgan fingerprint density at radius 3 is 1.41 bits per heavy atom. The third-order valence-corrected chi connectivity index (χ3v) is 12.5. The van der Waals surface area contributed by atoms with E-state index < -0.39 is 59.8 Å². The molecule has 0 aromatic carbocycles. The predicted molar refractivity (Wildman–Crippen MR) is 285 cm³/mol. The number of carbonyl (C=O) groups excluding carboxylic acids is 1. The molecule has 12 nitrogen and oxygen atoms in total. The number of hydrogen-bond acceptors (Lipinski definition) is 11. The lowest BCUT2D eigenvalue weighted by atomic mass is 9.99. The van der Waals surface area contributed by atoms with Gasteiger partial charge in [0.15, 0.2) is 6.29 Å². The van der Waals surface area contributed by atoms with Crippen LogP contribution in [0.25, 0.3) is 0 Å². The van der Waals surface area contributed by atoms with Gasteiger partial charge in [-0.2, -0.15) is 8.42 Å². The van der Waals surface area contributed by atoms with Crippen molar-refractivity contribution < 1.29 is 56.2 Å². The number of allylic oxidation sites excluding steroid dienone is 14. The van der Waals surface area contributed by atoms with E-state index in [1.165, 1.54) is 96.3 Å². The molecule has 0 bridgehead atoms. The van der Waals surface area contributed by atoms with Crippen LogP contribution >= 0.6 is 0 Å². The van der Waals surface area contributed by atoms with Crippen LogP contribution in [0.4, 0.5) is 0 Å². The molecule has 0 radical (unpaired) electrons. The zero-order valence-corrected chi connectivity index (χ0v) is 44.4. The van der Waals surface area contributed by atoms with Gasteiger partial charge in [0, 0.05) is 13.0 Å². The molecule has 1 aliphatic rings. The van der Waals surface area contributed by atoms with Gasteiger partial charge in [0.1, 0.15) is 30.5 Å². The summed E-state index contributed by atoms with van der Waals surface area (Å²) in [5.74, 6) is -0.414. The second-order valence-electron chi connectivity index (χ2n) is 18.4. The fourth-order valence-corrected chi connectivity index (χ4v) is 8.46. The molecule has 4 N–H and O–H groups in total. The van der Waals surface area contributed by atoms with E-state index in [1.54, 1.807) is 0 Å². The molecule has 1 rings (SSSR count). The van der Waals surface area contributed by atoms with Crippen molar-refractivity contribution in [2.75, 3.05) is 26.4 Å². The van der Waals surface area contributed by atoms with Gasteiger partial charge < -0.3 is 34.3 Å². The Labute approximate surface area is 425 Å². The first-order valence-electron chi connectivity index (χ1n) is 27.3. The summed E-state index contributed by atoms with van der Waals surface area (Å²) in [6.07, 6.45) is 54.8. The Morgan fingerprint density at radius 2 is 0.986 bits per heavy atom. The Kier molecular flexibility index (Phi) is 44.1. The van der Waals surface area contributed by atoms with Crippen molar-refractivity contribution in [3.63, 3.8) is 0 Å². The molecule has 1 saturated heterocycles. The van der Waals surface area contributed by atoms with Crippen molar-refractivity contribution in [3.8, 4) is 0 Å². The predicted octanol–water partition coefficient (Wildman–Crippen LogP) is 13.2. The molecule has 0 aliphatic carbocycles. The molecule has 6 unspecified atom stereocenters. The highest BCUT2D eigenvalue weighted by Gasteiger charge is 2.48. The van der Waals surface area contributed by atoms with E-state index in [0.29, 0.717) is 13.0 Å². The molecule has 0 amide bonds. The minimum atomic E-state index is -5.08. The van der Waals surface area contributed by atoms with Crippen LogP contribution < -0.4 is 0 Å². The molecule has 1 aliphatic heterocycles. The molecule has 1 heterocycles. The highest BCUT2D eigenvalue weighted by Crippen LogP contribution is 2.26. The van der Waals surface area contributed by atoms with Gasteiger partial charge in [-0.1, -0.05) is 214 Å². The van der Waals surface area contributed by atoms with Gasteiger partial charge in [-0.3, -0.25) is 9.35 Å². The van der Waals surface area contributed by atoms with E-state index in [0.717, 1.165) is 83.5 Å². The van der Waals surface area contributed by atoms with E-state index in [1.807, 2.05) is 0 Å². The third kappa shape index (κ3) is 39.8. The second-order valence-corrected chi connectivity index (χ2v) is 19.5. The molecule has 0 aromatic heterocycles. The van der Waals surface area contributed by atoms with Gasteiger partial charge in [0.25, 0.3) is 0 Å². The van der Waals surface area contributed by atoms with Crippen molar-refractivity contribution in [1.82, 2.24) is 0 Å². The quantitative estimate of drug-likeness (QED) is 0.0197. The van der Waals surface area contributed by atoms with E-state index in [-0.39, 0.29) is 19.6 Å². The van der Waals surface area contributed by atoms with Crippen molar-refractivity contribution in [2.45, 2.75) is 243 Å². The molecule has 6 atom stereocenters. The molecular weight excluding hydrogens is 909 g/mol. The Morgan fingerprint density at radius 1 is 0.557 bits per heavy atom. The average molecular weight is 1010 g/mol. The standard InChI is InChI=1S/C57H98O12S/c1-3-5-7-9-11-13-15-17-19-21-23-24-25-26-27-29-31-33-35-37-39-41-43-45-47-65-49-51(50-66-57-55(61)56(69-70(62,63)64)54(60)52(48-58)68-57)67-53(59)46-44-42-40-38-36-34-32-30-28-22-20-18-16-14-12-10-8-6-4-2/h5,7,11,13,17,19,23-24,26-27,31,33,37,39,51-52,54-58,60-61H,3-4,6,8-10,12,14-16,18,20-22,25,28-30,32,34-36,38,40-50H2,1-2H3,(H,62,63,64)/b7-5-,13-11-,19-17-,24-23-,27-26-,33-31-,39-37-. The summed E-state index contributed by atoms with van der Waals surface area (Å²) in [4.78, 5) is 12.9. The van der Waals surface area contributed by atoms with E-state index in [2.05, 4.69) is 103 Å². The summed E-state index contributed by atoms with van der Waals surface area (Å²) in [5, 5.41) is 30.8. The number of esters is 1. The zero-order chi connectivity index (χ0) is 51.0. The minimum Gasteiger partial charge on any atom is -0.457 e. The lowest BCUT2D eigenvalue weighted by Gasteiger charge is -2.41. The van der Waals surface area contributed by atoms with Crippen LogP contribution in [0.1, 0.15) is 206 Å². The lowest BCUT2D eigenvalue weighted by Crippen LogP contribution is -2.60. The normalized spacial score (nSPS) is 19.8. The first-order chi connectivity index (χ1) is 34.1. The molecule has 13 heteroatoms. The van der Waals surface area contributed by atoms with Crippen molar-refractivity contribution in [1.29, 1.82) is 0 Å². The van der Waals surface area contributed by atoms with Gasteiger partial charge in [-0.25, -0.2) is 4.18 Å². The van der Waals surface area contributed by atoms with Crippen molar-refractivity contribution >= 4 is 16.4 Å². The van der Waals surface area contributed by atoms with Crippen LogP contribution in [0.3, 0.4) is 0 Å². The number of aliphatic hydroxyl groups excluding tert-OH is 3. The Balaban J connectivity index is 2.38. The second kappa shape index (κ2) is 47.3. The largest absolute Gasteiger partial charge is 0.457 e. The lowest BCUT2D eigenvalue weighted by molar-refractivity contribution is -0.301. The Hall–Kier alpha value is -2.72. The zero-order valence-electron chi connectivity index (χ0n) is 43.6. The summed E-state index contributed by atoms with van der Waals surface area (Å²) in [6.45, 7) is 3.78. The average Bonchev–Trinajstić information content (AvgIpc) is 3.34. The number of aliphatic hydroxyl groups is 3. The monoisotopic (exact) mass is 1010 g/mol. The Bertz CT molecular complexity index is 1540. The van der Waals surface area contributed by atoms with Crippen molar-refractivity contribution in [3.05, 3.63) is 85.1 Å². The number of rotatable bonds is 47. The number of unbranched alkanes of at least 4 members (excludes halogenated alkanes) is 20. The van der Waals surface area contributed by atoms with Gasteiger partial charge >= 0.3 is 16.4 Å². The van der Waals surface area contributed by atoms with Crippen LogP contribution in [0.15, 0.2) is 85.1 Å². The van der Waals surface area contributed by atoms with Crippen LogP contribution in [0.5, 0.6) is 0 Å². The van der Waals surface area contributed by atoms with Crippen LogP contribution in [0, 0.1) is 0 Å². The fourth-order valence-electron chi connectivity index (χ4n) is 7.95. The first-order valence-corrected chi connectivity index (χ1v) is 28.7. The summed E-state index contributed by atoms with van der Waals surface area (Å²) in [5.41, 5.74) is 0. The first kappa shape index (κ1) is 65.3. The maximum atomic E-state index is 12.9. The topological polar surface area (TPSA) is 178 Å². The highest BCUT2D eigenvalue weighted by atomic mass is 32.3. The number of carbonyl (C=O) groups is 1. The highest BCUT2D eigenvalue weighted by molar-refractivity contribution is 7.80. The molecule has 0 spiro atoms. The van der Waals surface area contributed by atoms with Crippen LogP contribution in [-0.2, 0) is 38.3 Å². The maximum Gasteiger partial charge on any atom is 0.397 e. The summed E-state index contributed by atoms with van der Waals surface area (Å²) in [7, 11) is -5.08. The van der Waals surface area contributed by atoms with Gasteiger partial charge in [0.05, 0.1) is 19.8 Å². The third-order valence-electron chi connectivity index (χ3n) is 12.0. The van der Waals surface area contributed by atoms with Crippen LogP contribution in [0.2, 0.25) is 0 Å². The molecule has 0 saturated carbocycles. The fraction of sp³-hybridized carbons (Fsp3) is 0.737. The smallest absolute Gasteiger partial charge is 0.397 e. The molecule has 70 heavy (non-hydrogen) atoms. The maximum absolute atomic E-state index is 12.9. The van der Waals surface area contributed by atoms with E-state index in [4.69, 9.17) is 18.9 Å². The van der Waals surface area contributed by atoms with E-state index in [9.17, 15) is 33.1 Å². The number of ether oxygens (including phenoxy) is 4. The molecular formula is C57H98O12S. The molecule has 404 valence electrons. The van der Waals surface area contributed by atoms with E-state index >= 15 is 0 Å². The summed E-state index contributed by atoms with van der Waals surface area (Å²) in [6, 6.07) is 0. The van der Waals surface area contributed by atoms with Crippen molar-refractivity contribution in [2.24, 2.45) is 0 Å². The van der Waals surface area contributed by atoms with Gasteiger partial charge in [0.2, 0.25) is 0 Å². The minimum absolute atomic E-state index is 0.00325. The SMILES string of the molecule is CC/C=C\C/C=C\C/C=C\C/C=C\C/C=C\C/C=C\C/C=C\CCCCOCC(COC1OC(CO)C(O)C(OS(=O)(=O)O)C1O)OC(=O)CCCCCCCCCCCCCCCCCCCCC. The van der Waals surface area contributed by atoms with Crippen LogP contribution in [-0.4, -0.2) is 97.5 Å². The molecule has 0 aromatic rings.